The molecule has 16 heavy (non-hydrogen) atoms. The molecule has 0 radical (unpaired) electrons. The molecule has 0 saturated carbocycles. The van der Waals surface area contributed by atoms with Gasteiger partial charge in [-0.15, -0.1) is 0 Å². The zero-order valence-electron chi connectivity index (χ0n) is 9.40. The van der Waals surface area contributed by atoms with Gasteiger partial charge in [-0.2, -0.15) is 0 Å². The van der Waals surface area contributed by atoms with Crippen molar-refractivity contribution in [2.45, 2.75) is 20.0 Å². The van der Waals surface area contributed by atoms with Crippen LogP contribution in [-0.2, 0) is 14.3 Å². The Kier molecular flexibility index (Phi) is 5.49. The molecule has 4 heteroatoms. The molecule has 0 saturated heterocycles. The molecule has 0 spiro atoms. The Bertz CT molecular complexity index is 335. The lowest BCUT2D eigenvalue weighted by atomic mass is 10.1. The molecular formula is C12H15BrO3. The van der Waals surface area contributed by atoms with Gasteiger partial charge in [-0.05, 0) is 31.5 Å². The van der Waals surface area contributed by atoms with Crippen molar-refractivity contribution in [2.24, 2.45) is 0 Å². The zero-order chi connectivity index (χ0) is 12.0. The summed E-state index contributed by atoms with van der Waals surface area (Å²) in [5, 5.41) is 0. The maximum absolute atomic E-state index is 11.7. The van der Waals surface area contributed by atoms with Gasteiger partial charge in [0.2, 0.25) is 0 Å². The molecule has 0 aromatic heterocycles. The van der Waals surface area contributed by atoms with Gasteiger partial charge in [0.15, 0.2) is 6.10 Å². The average molecular weight is 287 g/mol. The molecule has 1 rings (SSSR count). The van der Waals surface area contributed by atoms with Crippen molar-refractivity contribution in [3.8, 4) is 0 Å². The van der Waals surface area contributed by atoms with Crippen molar-refractivity contribution in [3.63, 3.8) is 0 Å². The van der Waals surface area contributed by atoms with Gasteiger partial charge in [0.25, 0.3) is 0 Å². The fourth-order valence-electron chi connectivity index (χ4n) is 1.32. The fraction of sp³-hybridized carbons (Fsp3) is 0.417. The van der Waals surface area contributed by atoms with Crippen LogP contribution in [0.4, 0.5) is 0 Å². The van der Waals surface area contributed by atoms with Crippen LogP contribution in [0.5, 0.6) is 0 Å². The van der Waals surface area contributed by atoms with Crippen LogP contribution in [0.1, 0.15) is 25.5 Å². The van der Waals surface area contributed by atoms with Crippen LogP contribution in [0.2, 0.25) is 0 Å². The first kappa shape index (κ1) is 13.2. The van der Waals surface area contributed by atoms with Gasteiger partial charge < -0.3 is 9.47 Å². The second-order valence-corrected chi connectivity index (χ2v) is 4.05. The third kappa shape index (κ3) is 3.61. The summed E-state index contributed by atoms with van der Waals surface area (Å²) in [5.74, 6) is -0.341. The Balaban J connectivity index is 2.84. The highest BCUT2D eigenvalue weighted by Gasteiger charge is 2.21. The van der Waals surface area contributed by atoms with Gasteiger partial charge in [-0.3, -0.25) is 0 Å². The Morgan fingerprint density at radius 3 is 2.38 bits per heavy atom. The van der Waals surface area contributed by atoms with E-state index in [1.807, 2.05) is 31.2 Å². The molecule has 1 aromatic rings. The highest BCUT2D eigenvalue weighted by atomic mass is 79.9. The lowest BCUT2D eigenvalue weighted by molar-refractivity contribution is -0.157. The summed E-state index contributed by atoms with van der Waals surface area (Å²) in [6, 6.07) is 7.45. The van der Waals surface area contributed by atoms with Crippen molar-refractivity contribution >= 4 is 21.9 Å². The van der Waals surface area contributed by atoms with E-state index in [0.29, 0.717) is 13.2 Å². The SMILES string of the molecule is CCOC(=O)C(OCC)c1ccc(Br)cc1. The Morgan fingerprint density at radius 1 is 1.25 bits per heavy atom. The first-order valence-corrected chi connectivity index (χ1v) is 6.02. The molecule has 0 amide bonds. The number of benzene rings is 1. The number of rotatable bonds is 5. The predicted octanol–water partition coefficient (Wildman–Crippen LogP) is 3.09. The van der Waals surface area contributed by atoms with Crippen LogP contribution in [-0.4, -0.2) is 19.2 Å². The van der Waals surface area contributed by atoms with Gasteiger partial charge in [0.05, 0.1) is 6.61 Å². The van der Waals surface area contributed by atoms with Crippen LogP contribution in [0, 0.1) is 0 Å². The molecule has 0 aliphatic rings. The number of carbonyl (C=O) groups is 1. The lowest BCUT2D eigenvalue weighted by Crippen LogP contribution is -2.18. The summed E-state index contributed by atoms with van der Waals surface area (Å²) in [6.45, 7) is 4.46. The van der Waals surface area contributed by atoms with Gasteiger partial charge >= 0.3 is 5.97 Å². The Hall–Kier alpha value is -0.870. The monoisotopic (exact) mass is 286 g/mol. The number of esters is 1. The molecule has 3 nitrogen and oxygen atoms in total. The molecule has 1 aromatic carbocycles. The maximum atomic E-state index is 11.7. The van der Waals surface area contributed by atoms with Crippen LogP contribution in [0.25, 0.3) is 0 Å². The van der Waals surface area contributed by atoms with Gasteiger partial charge in [0, 0.05) is 11.1 Å². The third-order valence-corrected chi connectivity index (χ3v) is 2.54. The maximum Gasteiger partial charge on any atom is 0.339 e. The first-order valence-electron chi connectivity index (χ1n) is 5.22. The summed E-state index contributed by atoms with van der Waals surface area (Å²) in [5.41, 5.74) is 0.809. The molecule has 0 N–H and O–H groups in total. The quantitative estimate of drug-likeness (QED) is 0.781. The fourth-order valence-corrected chi connectivity index (χ4v) is 1.59. The minimum atomic E-state index is -0.627. The number of halogens is 1. The van der Waals surface area contributed by atoms with E-state index in [9.17, 15) is 4.79 Å². The number of ether oxygens (including phenoxy) is 2. The standard InChI is InChI=1S/C12H15BrO3/c1-3-15-11(12(14)16-4-2)9-5-7-10(13)8-6-9/h5-8,11H,3-4H2,1-2H3. The summed E-state index contributed by atoms with van der Waals surface area (Å²) >= 11 is 3.34. The topological polar surface area (TPSA) is 35.5 Å². The number of carbonyl (C=O) groups excluding carboxylic acids is 1. The molecule has 1 atom stereocenters. The van der Waals surface area contributed by atoms with E-state index in [1.165, 1.54) is 0 Å². The summed E-state index contributed by atoms with van der Waals surface area (Å²) in [6.07, 6.45) is -0.627. The van der Waals surface area contributed by atoms with Crippen molar-refractivity contribution in [1.82, 2.24) is 0 Å². The molecule has 0 fully saturated rings. The van der Waals surface area contributed by atoms with Crippen molar-refractivity contribution < 1.29 is 14.3 Å². The molecule has 1 unspecified atom stereocenters. The van der Waals surface area contributed by atoms with Gasteiger partial charge in [-0.25, -0.2) is 4.79 Å². The third-order valence-electron chi connectivity index (χ3n) is 2.01. The summed E-state index contributed by atoms with van der Waals surface area (Å²) in [4.78, 5) is 11.7. The largest absolute Gasteiger partial charge is 0.464 e. The smallest absolute Gasteiger partial charge is 0.339 e. The summed E-state index contributed by atoms with van der Waals surface area (Å²) < 4.78 is 11.3. The van der Waals surface area contributed by atoms with Crippen LogP contribution >= 0.6 is 15.9 Å². The van der Waals surface area contributed by atoms with Crippen LogP contribution in [0.15, 0.2) is 28.7 Å². The second kappa shape index (κ2) is 6.66. The molecule has 0 bridgehead atoms. The van der Waals surface area contributed by atoms with E-state index in [2.05, 4.69) is 15.9 Å². The normalized spacial score (nSPS) is 12.2. The van der Waals surface area contributed by atoms with Gasteiger partial charge in [0.1, 0.15) is 0 Å². The van der Waals surface area contributed by atoms with E-state index >= 15 is 0 Å². The van der Waals surface area contributed by atoms with E-state index < -0.39 is 6.10 Å². The molecular weight excluding hydrogens is 272 g/mol. The minimum absolute atomic E-state index is 0.341. The second-order valence-electron chi connectivity index (χ2n) is 3.14. The van der Waals surface area contributed by atoms with E-state index in [4.69, 9.17) is 9.47 Å². The highest BCUT2D eigenvalue weighted by Crippen LogP contribution is 2.21. The van der Waals surface area contributed by atoms with Crippen LogP contribution < -0.4 is 0 Å². The highest BCUT2D eigenvalue weighted by molar-refractivity contribution is 9.10. The first-order chi connectivity index (χ1) is 7.69. The van der Waals surface area contributed by atoms with Crippen molar-refractivity contribution in [3.05, 3.63) is 34.3 Å². The predicted molar refractivity (Wildman–Crippen MR) is 65.1 cm³/mol. The van der Waals surface area contributed by atoms with Gasteiger partial charge in [-0.1, -0.05) is 28.1 Å². The summed E-state index contributed by atoms with van der Waals surface area (Å²) in [7, 11) is 0. The minimum Gasteiger partial charge on any atom is -0.464 e. The Labute approximate surface area is 104 Å². The molecule has 0 aliphatic heterocycles. The van der Waals surface area contributed by atoms with Crippen molar-refractivity contribution in [1.29, 1.82) is 0 Å². The van der Waals surface area contributed by atoms with E-state index in [0.717, 1.165) is 10.0 Å². The number of hydrogen-bond acceptors (Lipinski definition) is 3. The molecule has 88 valence electrons. The zero-order valence-corrected chi connectivity index (χ0v) is 11.0. The molecule has 0 aliphatic carbocycles. The van der Waals surface area contributed by atoms with Crippen molar-refractivity contribution in [2.75, 3.05) is 13.2 Å². The van der Waals surface area contributed by atoms with E-state index in [-0.39, 0.29) is 5.97 Å². The number of hydrogen-bond donors (Lipinski definition) is 0. The Morgan fingerprint density at radius 2 is 1.88 bits per heavy atom. The average Bonchev–Trinajstić information content (AvgIpc) is 2.28. The van der Waals surface area contributed by atoms with E-state index in [1.54, 1.807) is 6.92 Å². The van der Waals surface area contributed by atoms with Crippen LogP contribution in [0.3, 0.4) is 0 Å². The lowest BCUT2D eigenvalue weighted by Gasteiger charge is -2.15. The molecule has 0 heterocycles.